The second-order valence-electron chi connectivity index (χ2n) is 4.16. The molecule has 1 saturated heterocycles. The van der Waals surface area contributed by atoms with E-state index in [2.05, 4.69) is 10.2 Å². The molecule has 1 aliphatic heterocycles. The number of rotatable bonds is 1. The molecule has 7 heteroatoms. The first-order valence-electron chi connectivity index (χ1n) is 4.71. The summed E-state index contributed by atoms with van der Waals surface area (Å²) in [6, 6.07) is 0.0275. The van der Waals surface area contributed by atoms with Crippen LogP contribution in [0.5, 0.6) is 0 Å². The molecule has 0 amide bonds. The van der Waals surface area contributed by atoms with Gasteiger partial charge < -0.3 is 10.2 Å². The second-order valence-corrected chi connectivity index (χ2v) is 6.46. The van der Waals surface area contributed by atoms with Gasteiger partial charge in [-0.1, -0.05) is 12.0 Å². The maximum atomic E-state index is 11.3. The monoisotopic (exact) mass is 231 g/mol. The van der Waals surface area contributed by atoms with Crippen molar-refractivity contribution in [3.63, 3.8) is 0 Å². The summed E-state index contributed by atoms with van der Waals surface area (Å²) in [7, 11) is -2.88. The largest absolute Gasteiger partial charge is 0.408 e. The van der Waals surface area contributed by atoms with E-state index in [9.17, 15) is 8.42 Å². The Morgan fingerprint density at radius 1 is 1.33 bits per heavy atom. The zero-order valence-electron chi connectivity index (χ0n) is 8.43. The maximum Gasteiger partial charge on any atom is 0.312 e. The number of aromatic nitrogens is 2. The van der Waals surface area contributed by atoms with Gasteiger partial charge in [0.15, 0.2) is 0 Å². The van der Waals surface area contributed by atoms with Crippen LogP contribution in [-0.2, 0) is 15.3 Å². The number of hydrogen-bond donors (Lipinski definition) is 1. The summed E-state index contributed by atoms with van der Waals surface area (Å²) >= 11 is 0. The molecule has 1 aromatic rings. The van der Waals surface area contributed by atoms with Gasteiger partial charge in [-0.2, -0.15) is 0 Å². The Kier molecular flexibility index (Phi) is 2.22. The molecule has 0 spiro atoms. The van der Waals surface area contributed by atoms with Gasteiger partial charge in [0, 0.05) is 5.41 Å². The van der Waals surface area contributed by atoms with Gasteiger partial charge in [-0.25, -0.2) is 8.42 Å². The van der Waals surface area contributed by atoms with Crippen LogP contribution in [0.1, 0.15) is 25.7 Å². The molecular formula is C8H13N3O3S. The Hall–Kier alpha value is -1.11. The number of nitrogens with zero attached hydrogens (tertiary/aromatic N) is 2. The van der Waals surface area contributed by atoms with Crippen molar-refractivity contribution in [1.82, 2.24) is 10.2 Å². The number of sulfone groups is 1. The second kappa shape index (κ2) is 3.19. The molecule has 0 bridgehead atoms. The van der Waals surface area contributed by atoms with Crippen molar-refractivity contribution in [1.29, 1.82) is 0 Å². The third kappa shape index (κ3) is 1.97. The SMILES string of the molecule is CC1(c2nnc(N)o2)CCS(=O)(=O)CC1. The normalized spacial score (nSPS) is 23.8. The minimum absolute atomic E-state index is 0.0275. The molecule has 84 valence electrons. The number of anilines is 1. The number of nitrogen functional groups attached to an aromatic ring is 1. The quantitative estimate of drug-likeness (QED) is 0.736. The van der Waals surface area contributed by atoms with Crippen molar-refractivity contribution in [2.75, 3.05) is 17.2 Å². The van der Waals surface area contributed by atoms with E-state index in [-0.39, 0.29) is 22.9 Å². The van der Waals surface area contributed by atoms with Gasteiger partial charge in [0.25, 0.3) is 0 Å². The fraction of sp³-hybridized carbons (Fsp3) is 0.750. The first-order chi connectivity index (χ1) is 6.91. The summed E-state index contributed by atoms with van der Waals surface area (Å²) in [5.74, 6) is 0.785. The smallest absolute Gasteiger partial charge is 0.312 e. The third-order valence-corrected chi connectivity index (χ3v) is 4.54. The van der Waals surface area contributed by atoms with Crippen LogP contribution >= 0.6 is 0 Å². The highest BCUT2D eigenvalue weighted by atomic mass is 32.2. The van der Waals surface area contributed by atoms with E-state index in [4.69, 9.17) is 10.2 Å². The van der Waals surface area contributed by atoms with Crippen LogP contribution in [0.4, 0.5) is 6.01 Å². The molecule has 0 aromatic carbocycles. The molecule has 1 fully saturated rings. The summed E-state index contributed by atoms with van der Waals surface area (Å²) in [5.41, 5.74) is 4.99. The van der Waals surface area contributed by atoms with Gasteiger partial charge in [-0.3, -0.25) is 0 Å². The average molecular weight is 231 g/mol. The van der Waals surface area contributed by atoms with E-state index < -0.39 is 9.84 Å². The van der Waals surface area contributed by atoms with E-state index in [0.717, 1.165) is 0 Å². The highest BCUT2D eigenvalue weighted by molar-refractivity contribution is 7.91. The number of nitrogens with two attached hydrogens (primary N) is 1. The highest BCUT2D eigenvalue weighted by Gasteiger charge is 2.38. The average Bonchev–Trinajstić information content (AvgIpc) is 2.59. The lowest BCUT2D eigenvalue weighted by atomic mass is 9.84. The molecule has 0 unspecified atom stereocenters. The van der Waals surface area contributed by atoms with Crippen molar-refractivity contribution in [3.05, 3.63) is 5.89 Å². The summed E-state index contributed by atoms with van der Waals surface area (Å²) in [6.45, 7) is 1.93. The van der Waals surface area contributed by atoms with E-state index in [1.165, 1.54) is 0 Å². The zero-order valence-corrected chi connectivity index (χ0v) is 9.25. The van der Waals surface area contributed by atoms with Gasteiger partial charge >= 0.3 is 6.01 Å². The minimum Gasteiger partial charge on any atom is -0.408 e. The van der Waals surface area contributed by atoms with Crippen molar-refractivity contribution in [3.8, 4) is 0 Å². The molecule has 1 aromatic heterocycles. The van der Waals surface area contributed by atoms with Crippen LogP contribution < -0.4 is 5.73 Å². The zero-order chi connectivity index (χ0) is 11.1. The van der Waals surface area contributed by atoms with Crippen molar-refractivity contribution >= 4 is 15.9 Å². The molecule has 2 heterocycles. The summed E-state index contributed by atoms with van der Waals surface area (Å²) in [4.78, 5) is 0. The Morgan fingerprint density at radius 3 is 2.40 bits per heavy atom. The summed E-state index contributed by atoms with van der Waals surface area (Å²) in [5, 5.41) is 7.41. The minimum atomic E-state index is -2.88. The van der Waals surface area contributed by atoms with Gasteiger partial charge in [-0.05, 0) is 12.8 Å². The van der Waals surface area contributed by atoms with Crippen LogP contribution in [-0.4, -0.2) is 30.1 Å². The molecule has 1 aliphatic rings. The van der Waals surface area contributed by atoms with E-state index >= 15 is 0 Å². The van der Waals surface area contributed by atoms with E-state index in [1.807, 2.05) is 6.92 Å². The van der Waals surface area contributed by atoms with Crippen molar-refractivity contribution in [2.24, 2.45) is 0 Å². The molecule has 0 saturated carbocycles. The summed E-state index contributed by atoms with van der Waals surface area (Å²) in [6.07, 6.45) is 1.02. The highest BCUT2D eigenvalue weighted by Crippen LogP contribution is 2.35. The fourth-order valence-electron chi connectivity index (χ4n) is 1.68. The van der Waals surface area contributed by atoms with Crippen LogP contribution in [0.15, 0.2) is 4.42 Å². The van der Waals surface area contributed by atoms with Crippen molar-refractivity contribution in [2.45, 2.75) is 25.2 Å². The molecule has 6 nitrogen and oxygen atoms in total. The van der Waals surface area contributed by atoms with Crippen molar-refractivity contribution < 1.29 is 12.8 Å². The fourth-order valence-corrected chi connectivity index (χ4v) is 3.41. The molecular weight excluding hydrogens is 218 g/mol. The molecule has 2 N–H and O–H groups in total. The van der Waals surface area contributed by atoms with Gasteiger partial charge in [0.1, 0.15) is 9.84 Å². The first-order valence-corrected chi connectivity index (χ1v) is 6.53. The van der Waals surface area contributed by atoms with Crippen LogP contribution in [0.2, 0.25) is 0 Å². The van der Waals surface area contributed by atoms with E-state index in [0.29, 0.717) is 18.7 Å². The topological polar surface area (TPSA) is 99.1 Å². The van der Waals surface area contributed by atoms with Crippen LogP contribution in [0, 0.1) is 0 Å². The Labute approximate surface area is 87.8 Å². The summed E-state index contributed by atoms with van der Waals surface area (Å²) < 4.78 is 27.7. The molecule has 15 heavy (non-hydrogen) atoms. The lowest BCUT2D eigenvalue weighted by Crippen LogP contribution is -2.34. The lowest BCUT2D eigenvalue weighted by molar-refractivity contribution is 0.323. The standard InChI is InChI=1S/C8H13N3O3S/c1-8(6-10-11-7(9)14-6)2-4-15(12,13)5-3-8/h2-5H2,1H3,(H2,9,11). The molecule has 2 rings (SSSR count). The Morgan fingerprint density at radius 2 is 1.93 bits per heavy atom. The predicted molar refractivity (Wildman–Crippen MR) is 54.0 cm³/mol. The Bertz CT molecular complexity index is 451. The van der Waals surface area contributed by atoms with Crippen LogP contribution in [0.3, 0.4) is 0 Å². The molecule has 0 aliphatic carbocycles. The molecule has 0 radical (unpaired) electrons. The first kappa shape index (κ1) is 10.4. The van der Waals surface area contributed by atoms with E-state index in [1.54, 1.807) is 0 Å². The Balaban J connectivity index is 2.23. The lowest BCUT2D eigenvalue weighted by Gasteiger charge is -2.29. The number of hydrogen-bond acceptors (Lipinski definition) is 6. The van der Waals surface area contributed by atoms with Gasteiger partial charge in [-0.15, -0.1) is 5.10 Å². The van der Waals surface area contributed by atoms with Gasteiger partial charge in [0.05, 0.1) is 11.5 Å². The third-order valence-electron chi connectivity index (χ3n) is 2.89. The van der Waals surface area contributed by atoms with Gasteiger partial charge in [0.2, 0.25) is 5.89 Å². The maximum absolute atomic E-state index is 11.3. The van der Waals surface area contributed by atoms with Crippen LogP contribution in [0.25, 0.3) is 0 Å². The predicted octanol–water partition coefficient (Wildman–Crippen LogP) is 0.118. The molecule has 0 atom stereocenters.